The van der Waals surface area contributed by atoms with Crippen LogP contribution in [0.3, 0.4) is 0 Å². The summed E-state index contributed by atoms with van der Waals surface area (Å²) in [6.45, 7) is 6.12. The fourth-order valence-corrected chi connectivity index (χ4v) is 5.55. The second kappa shape index (κ2) is 10.1. The smallest absolute Gasteiger partial charge is 0.412 e. The highest BCUT2D eigenvalue weighted by Gasteiger charge is 2.48. The third-order valence-electron chi connectivity index (χ3n) is 7.37. The molecule has 0 radical (unpaired) electrons. The first-order valence-electron chi connectivity index (χ1n) is 12.9. The summed E-state index contributed by atoms with van der Waals surface area (Å²) in [5, 5.41) is 0. The molecule has 2 heterocycles. The predicted molar refractivity (Wildman–Crippen MR) is 141 cm³/mol. The molecule has 2 amide bonds. The minimum absolute atomic E-state index is 0.0834. The molecule has 0 aliphatic carbocycles. The molecule has 2 aliphatic rings. The van der Waals surface area contributed by atoms with E-state index in [1.807, 2.05) is 58.2 Å². The summed E-state index contributed by atoms with van der Waals surface area (Å²) >= 11 is 0. The molecule has 0 bridgehead atoms. The van der Waals surface area contributed by atoms with Crippen LogP contribution in [-0.2, 0) is 28.0 Å². The monoisotopic (exact) mass is 493 g/mol. The van der Waals surface area contributed by atoms with Crippen molar-refractivity contribution in [2.24, 2.45) is 11.7 Å². The van der Waals surface area contributed by atoms with Crippen LogP contribution in [0.4, 0.5) is 10.5 Å². The molecule has 2 aromatic rings. The Hall–Kier alpha value is -3.06. The van der Waals surface area contributed by atoms with Crippen molar-refractivity contribution in [3.63, 3.8) is 0 Å². The highest BCUT2D eigenvalue weighted by molar-refractivity contribution is 5.94. The number of likely N-dealkylation sites (tertiary alicyclic amines) is 1. The first kappa shape index (κ1) is 26.0. The zero-order valence-electron chi connectivity index (χ0n) is 22.2. The van der Waals surface area contributed by atoms with E-state index >= 15 is 0 Å². The molecule has 2 aliphatic heterocycles. The Morgan fingerprint density at radius 1 is 1.14 bits per heavy atom. The van der Waals surface area contributed by atoms with Crippen LogP contribution in [-0.4, -0.2) is 43.2 Å². The van der Waals surface area contributed by atoms with Crippen LogP contribution in [0.1, 0.15) is 63.1 Å². The minimum Gasteiger partial charge on any atom is -0.496 e. The number of hydrogen-bond donors (Lipinski definition) is 1. The number of nitrogens with zero attached hydrogens (tertiary/aromatic N) is 2. The number of rotatable bonds is 4. The van der Waals surface area contributed by atoms with E-state index in [-0.39, 0.29) is 11.8 Å². The third kappa shape index (κ3) is 5.07. The average molecular weight is 494 g/mol. The van der Waals surface area contributed by atoms with Crippen LogP contribution in [0.5, 0.6) is 5.75 Å². The number of nitrogens with two attached hydrogens (primary N) is 1. The van der Waals surface area contributed by atoms with Gasteiger partial charge in [0.2, 0.25) is 5.91 Å². The lowest BCUT2D eigenvalue weighted by Crippen LogP contribution is -2.63. The Balaban J connectivity index is 1.76. The van der Waals surface area contributed by atoms with Crippen molar-refractivity contribution in [1.82, 2.24) is 4.90 Å². The Labute approximate surface area is 214 Å². The largest absolute Gasteiger partial charge is 0.496 e. The number of hydrogen-bond acceptors (Lipinski definition) is 5. The zero-order chi connectivity index (χ0) is 26.1. The molecule has 0 spiro atoms. The van der Waals surface area contributed by atoms with Crippen molar-refractivity contribution in [1.29, 1.82) is 0 Å². The molecule has 36 heavy (non-hydrogen) atoms. The van der Waals surface area contributed by atoms with Crippen LogP contribution in [0.2, 0.25) is 0 Å². The molecular weight excluding hydrogens is 454 g/mol. The van der Waals surface area contributed by atoms with E-state index in [1.54, 1.807) is 16.9 Å². The minimum atomic E-state index is -1.05. The van der Waals surface area contributed by atoms with E-state index in [4.69, 9.17) is 15.2 Å². The molecule has 1 saturated heterocycles. The number of piperidine rings is 1. The summed E-state index contributed by atoms with van der Waals surface area (Å²) in [5.74, 6) is 0.831. The molecule has 0 saturated carbocycles. The van der Waals surface area contributed by atoms with E-state index in [1.165, 1.54) is 0 Å². The van der Waals surface area contributed by atoms with Gasteiger partial charge in [0.1, 0.15) is 17.0 Å². The van der Waals surface area contributed by atoms with Crippen molar-refractivity contribution >= 4 is 17.7 Å². The summed E-state index contributed by atoms with van der Waals surface area (Å²) in [4.78, 5) is 29.4. The molecule has 7 heteroatoms. The second-order valence-corrected chi connectivity index (χ2v) is 11.0. The van der Waals surface area contributed by atoms with Gasteiger partial charge in [-0.05, 0) is 81.7 Å². The first-order valence-corrected chi connectivity index (χ1v) is 12.9. The standard InChI is InChI=1S/C29H39N3O4/c1-28(2,3)36-27(34)32-16-10-14-23(29(32,30)22-12-7-6-8-13-22)17-21-18-24-20(19-25(21)35-5)11-9-15-26(33)31(24)4/h6-8,12-13,18-19,23H,9-11,14-17,30H2,1-5H3/t23-,29+/m0/s1. The van der Waals surface area contributed by atoms with Crippen molar-refractivity contribution in [2.75, 3.05) is 25.6 Å². The van der Waals surface area contributed by atoms with E-state index in [0.29, 0.717) is 19.4 Å². The summed E-state index contributed by atoms with van der Waals surface area (Å²) in [7, 11) is 3.52. The number of carbonyl (C=O) groups is 2. The van der Waals surface area contributed by atoms with Gasteiger partial charge in [0, 0.05) is 31.6 Å². The van der Waals surface area contributed by atoms with E-state index in [9.17, 15) is 9.59 Å². The van der Waals surface area contributed by atoms with Crippen molar-refractivity contribution < 1.29 is 19.1 Å². The predicted octanol–water partition coefficient (Wildman–Crippen LogP) is 5.00. The molecule has 7 nitrogen and oxygen atoms in total. The van der Waals surface area contributed by atoms with Crippen molar-refractivity contribution in [3.05, 3.63) is 59.2 Å². The van der Waals surface area contributed by atoms with E-state index in [2.05, 4.69) is 12.1 Å². The summed E-state index contributed by atoms with van der Waals surface area (Å²) in [5.41, 5.74) is 9.48. The second-order valence-electron chi connectivity index (χ2n) is 11.0. The number of benzene rings is 2. The first-order chi connectivity index (χ1) is 17.0. The Bertz CT molecular complexity index is 1110. The number of amides is 2. The van der Waals surface area contributed by atoms with Gasteiger partial charge in [-0.15, -0.1) is 0 Å². The molecule has 2 aromatic carbocycles. The molecule has 0 aromatic heterocycles. The molecule has 194 valence electrons. The Morgan fingerprint density at radius 3 is 2.53 bits per heavy atom. The lowest BCUT2D eigenvalue weighted by Gasteiger charge is -2.50. The summed E-state index contributed by atoms with van der Waals surface area (Å²) in [6.07, 6.45) is 4.06. The SMILES string of the molecule is COc1cc2c(cc1C[C@@H]1CCCN(C(=O)OC(C)(C)C)[C@]1(N)c1ccccc1)N(C)C(=O)CCC2. The molecule has 0 unspecified atom stereocenters. The van der Waals surface area contributed by atoms with Gasteiger partial charge in [-0.3, -0.25) is 9.69 Å². The van der Waals surface area contributed by atoms with E-state index < -0.39 is 17.4 Å². The summed E-state index contributed by atoms with van der Waals surface area (Å²) < 4.78 is 11.6. The van der Waals surface area contributed by atoms with Crippen molar-refractivity contribution in [2.45, 2.75) is 70.6 Å². The number of carbonyl (C=O) groups excluding carboxylic acids is 2. The van der Waals surface area contributed by atoms with Crippen LogP contribution >= 0.6 is 0 Å². The Kier molecular flexibility index (Phi) is 7.32. The number of methoxy groups -OCH3 is 1. The lowest BCUT2D eigenvalue weighted by molar-refractivity contribution is -0.118. The molecule has 2 N–H and O–H groups in total. The quantitative estimate of drug-likeness (QED) is 0.648. The van der Waals surface area contributed by atoms with Crippen LogP contribution in [0.25, 0.3) is 0 Å². The maximum absolute atomic E-state index is 13.4. The van der Waals surface area contributed by atoms with Crippen LogP contribution in [0.15, 0.2) is 42.5 Å². The number of fused-ring (bicyclic) bond motifs is 1. The van der Waals surface area contributed by atoms with Gasteiger partial charge >= 0.3 is 6.09 Å². The number of aryl methyl sites for hydroxylation is 1. The molecule has 4 rings (SSSR count). The molecule has 1 fully saturated rings. The molecule has 2 atom stereocenters. The van der Waals surface area contributed by atoms with Gasteiger partial charge < -0.3 is 20.1 Å². The van der Waals surface area contributed by atoms with Gasteiger partial charge in [0.25, 0.3) is 0 Å². The zero-order valence-corrected chi connectivity index (χ0v) is 22.2. The van der Waals surface area contributed by atoms with Gasteiger partial charge in [0.05, 0.1) is 7.11 Å². The van der Waals surface area contributed by atoms with Gasteiger partial charge in [-0.1, -0.05) is 30.3 Å². The van der Waals surface area contributed by atoms with Gasteiger partial charge in [-0.2, -0.15) is 0 Å². The van der Waals surface area contributed by atoms with Crippen molar-refractivity contribution in [3.8, 4) is 5.75 Å². The maximum Gasteiger partial charge on any atom is 0.412 e. The normalized spacial score (nSPS) is 22.6. The van der Waals surface area contributed by atoms with Gasteiger partial charge in [-0.25, -0.2) is 4.79 Å². The topological polar surface area (TPSA) is 85.1 Å². The number of anilines is 1. The van der Waals surface area contributed by atoms with E-state index in [0.717, 1.165) is 53.8 Å². The van der Waals surface area contributed by atoms with Crippen LogP contribution in [0, 0.1) is 5.92 Å². The van der Waals surface area contributed by atoms with Crippen LogP contribution < -0.4 is 15.4 Å². The highest BCUT2D eigenvalue weighted by Crippen LogP contribution is 2.43. The third-order valence-corrected chi connectivity index (χ3v) is 7.37. The summed E-state index contributed by atoms with van der Waals surface area (Å²) in [6, 6.07) is 14.0. The lowest BCUT2D eigenvalue weighted by atomic mass is 9.75. The Morgan fingerprint density at radius 2 is 1.86 bits per heavy atom. The maximum atomic E-state index is 13.4. The average Bonchev–Trinajstić information content (AvgIpc) is 2.97. The fraction of sp³-hybridized carbons (Fsp3) is 0.517. The van der Waals surface area contributed by atoms with Gasteiger partial charge in [0.15, 0.2) is 0 Å². The number of ether oxygens (including phenoxy) is 2. The highest BCUT2D eigenvalue weighted by atomic mass is 16.6. The fourth-order valence-electron chi connectivity index (χ4n) is 5.55. The molecular formula is C29H39N3O4.